The third kappa shape index (κ3) is 52.1. The van der Waals surface area contributed by atoms with Crippen LogP contribution in [0.5, 0.6) is 0 Å². The van der Waals surface area contributed by atoms with Crippen LogP contribution in [0.25, 0.3) is 22.7 Å². The number of aryl methyl sites for hydroxylation is 19. The van der Waals surface area contributed by atoms with Crippen molar-refractivity contribution in [3.63, 3.8) is 0 Å². The first kappa shape index (κ1) is 113. The number of nitrogens with zero attached hydrogens (tertiary/aromatic N) is 8. The minimum atomic E-state index is -6.00. The van der Waals surface area contributed by atoms with E-state index in [2.05, 4.69) is 258 Å². The molecule has 111 heavy (non-hydrogen) atoms. The van der Waals surface area contributed by atoms with Crippen LogP contribution in [0, 0.1) is 129 Å². The van der Waals surface area contributed by atoms with Crippen LogP contribution in [0.4, 0.5) is 34.5 Å². The van der Waals surface area contributed by atoms with Crippen molar-refractivity contribution in [1.29, 1.82) is 0 Å². The summed E-state index contributed by atoms with van der Waals surface area (Å²) in [6.07, 6.45) is 29.4. The van der Waals surface area contributed by atoms with Crippen LogP contribution >= 0.6 is 0 Å². The second-order valence-corrected chi connectivity index (χ2v) is 29.2. The maximum atomic E-state index is 9.75. The monoisotopic (exact) mass is 2000 g/mol. The molecule has 616 valence electrons. The number of benzene rings is 7. The van der Waals surface area contributed by atoms with Crippen molar-refractivity contribution in [1.82, 2.24) is 18.3 Å². The molecule has 0 fully saturated rings. The molecule has 7 aromatic carbocycles. The van der Waals surface area contributed by atoms with Gasteiger partial charge in [-0.2, -0.15) is 10.5 Å². The third-order valence-electron chi connectivity index (χ3n) is 14.2. The van der Waals surface area contributed by atoms with E-state index in [1.54, 1.807) is 0 Å². The Hall–Kier alpha value is -4.30. The fraction of sp³-hybridized carbons (Fsp3) is 0.349. The van der Waals surface area contributed by atoms with Crippen molar-refractivity contribution < 1.29 is 134 Å². The minimum Gasteiger partial charge on any atom is -0.790 e. The second kappa shape index (κ2) is 61.1. The Bertz CT molecular complexity index is 3660. The predicted molar refractivity (Wildman–Crippen MR) is 444 cm³/mol. The first-order valence-corrected chi connectivity index (χ1v) is 38.1. The van der Waals surface area contributed by atoms with Crippen molar-refractivity contribution >= 4 is 90.3 Å². The second-order valence-electron chi connectivity index (χ2n) is 25.7. The van der Waals surface area contributed by atoms with Crippen molar-refractivity contribution in [2.45, 2.75) is 168 Å². The molecule has 0 unspecified atom stereocenters. The fourth-order valence-electron chi connectivity index (χ4n) is 10.6. The van der Waals surface area contributed by atoms with Gasteiger partial charge in [0.25, 0.3) is 0 Å². The summed E-state index contributed by atoms with van der Waals surface area (Å²) < 4.78 is 94.2. The Labute approximate surface area is 747 Å². The Morgan fingerprint density at radius 1 is 0.288 bits per heavy atom. The summed E-state index contributed by atoms with van der Waals surface area (Å²) in [4.78, 5) is 0. The summed E-state index contributed by atoms with van der Waals surface area (Å²) in [5.41, 5.74) is 24.3. The van der Waals surface area contributed by atoms with Crippen LogP contribution < -0.4 is 18.3 Å². The van der Waals surface area contributed by atoms with E-state index in [1.807, 2.05) is 150 Å². The van der Waals surface area contributed by atoms with Crippen molar-refractivity contribution in [3.8, 4) is 22.7 Å². The number of hydrogen-bond donors (Lipinski definition) is 0. The molecule has 4 heterocycles. The normalized spacial score (nSPS) is 10.0. The van der Waals surface area contributed by atoms with E-state index in [9.17, 15) is 34.5 Å². The minimum absolute atomic E-state index is 0. The molecule has 0 amide bonds. The molecule has 0 spiro atoms. The van der Waals surface area contributed by atoms with E-state index in [0.29, 0.717) is 10.5 Å². The van der Waals surface area contributed by atoms with Gasteiger partial charge in [-0.05, 0) is 148 Å². The summed E-state index contributed by atoms with van der Waals surface area (Å²) in [6.45, 7) is 43.2. The zero-order valence-corrected chi connectivity index (χ0v) is 77.8. The quantitative estimate of drug-likeness (QED) is 0.0399. The average molecular weight is 2010 g/mol. The van der Waals surface area contributed by atoms with Crippen LogP contribution in [-0.2, 0) is 184 Å². The Morgan fingerprint density at radius 2 is 0.423 bits per heavy atom. The Kier molecular flexibility index (Phi) is 62.2. The number of rotatable bonds is 12. The zero-order valence-electron chi connectivity index (χ0n) is 66.7. The van der Waals surface area contributed by atoms with Crippen molar-refractivity contribution in [2.75, 3.05) is 23.0 Å². The van der Waals surface area contributed by atoms with Gasteiger partial charge in [-0.3, -0.25) is 0 Å². The molecule has 11 rings (SSSR count). The van der Waals surface area contributed by atoms with Gasteiger partial charge in [0.2, 0.25) is 25.3 Å². The first-order valence-electron chi connectivity index (χ1n) is 34.9. The summed E-state index contributed by atoms with van der Waals surface area (Å²) in [7, 11) is -12.0. The van der Waals surface area contributed by atoms with Crippen LogP contribution in [-0.4, -0.2) is 66.3 Å². The topological polar surface area (TPSA) is 35.2 Å². The van der Waals surface area contributed by atoms with Gasteiger partial charge < -0.3 is 147 Å². The smallest absolute Gasteiger partial charge is 0.790 e. The van der Waals surface area contributed by atoms with Crippen molar-refractivity contribution in [2.24, 2.45) is 0 Å². The van der Waals surface area contributed by atoms with Crippen LogP contribution in [0.1, 0.15) is 111 Å². The molecule has 0 aliphatic rings. The van der Waals surface area contributed by atoms with Gasteiger partial charge >= 0.3 is 96.2 Å². The molecule has 0 bridgehead atoms. The summed E-state index contributed by atoms with van der Waals surface area (Å²) in [5.74, 6) is 2.88. The molecule has 4 aromatic heterocycles. The average Bonchev–Trinajstić information content (AvgIpc) is 1.77. The van der Waals surface area contributed by atoms with E-state index in [4.69, 9.17) is 50.5 Å². The van der Waals surface area contributed by atoms with Crippen LogP contribution in [0.2, 0.25) is 0 Å². The van der Waals surface area contributed by atoms with Gasteiger partial charge in [-0.15, -0.1) is 23.0 Å². The molecule has 28 heteroatoms. The number of aromatic nitrogens is 8. The van der Waals surface area contributed by atoms with E-state index in [-0.39, 0.29) is 81.7 Å². The van der Waals surface area contributed by atoms with Gasteiger partial charge in [0.15, 0.2) is 0 Å². The van der Waals surface area contributed by atoms with Gasteiger partial charge in [0.1, 0.15) is 0 Å². The largest absolute Gasteiger partial charge is 2.00 e. The van der Waals surface area contributed by atoms with E-state index in [1.165, 1.54) is 106 Å². The molecule has 0 atom stereocenters. The predicted octanol–water partition coefficient (Wildman–Crippen LogP) is 18.6. The summed E-state index contributed by atoms with van der Waals surface area (Å²) in [5, 5.41) is 0.833. The molecule has 0 aliphatic heterocycles. The molecular weight excluding hydrogens is 1900 g/mol. The fourth-order valence-corrected chi connectivity index (χ4v) is 11.4. The van der Waals surface area contributed by atoms with Gasteiger partial charge in [-0.25, -0.2) is 0 Å². The van der Waals surface area contributed by atoms with Gasteiger partial charge in [-0.1, -0.05) is 206 Å². The van der Waals surface area contributed by atoms with Gasteiger partial charge in [0, 0.05) is 75.8 Å². The Morgan fingerprint density at radius 3 is 0.532 bits per heavy atom. The molecule has 0 aliphatic carbocycles. The molecule has 0 N–H and O–H groups in total. The van der Waals surface area contributed by atoms with Gasteiger partial charge in [0.05, 0.1) is 22.7 Å². The molecule has 11 aromatic rings. The van der Waals surface area contributed by atoms with E-state index >= 15 is 0 Å². The number of hydrogen-bond acceptors (Lipinski definition) is 6. The summed E-state index contributed by atoms with van der Waals surface area (Å²) in [6, 6.07) is 48.4. The number of imidazole rings is 4. The third-order valence-corrected chi connectivity index (χ3v) is 14.9. The standard InChI is InChI=1S/4C14H18N2S.3C7H8.2C3H8S.2BF4.4Pd/c4*1-11-8-12(2)14(13(3)9-11)16-5-4-15(10-16)6-7-17;3*1-7-5-3-2-4-6-7;2*1-3(2)4;2*2-1(3,4)5;;;;/h4*4-5,8-9,17H,6-7H2,1-3H3;3*2-6H,1H3;2*3-4H,1-2H3;;;;;;/q;;;;;;;;;2*-1;4*+2/p-6. The molecule has 0 saturated carbocycles. The Balaban J connectivity index is -0.000000588. The number of halogens is 8. The molecular formula is C83H106B2F8N8Pd4S6. The van der Waals surface area contributed by atoms with Crippen LogP contribution in [0.3, 0.4) is 0 Å². The molecule has 0 radical (unpaired) electrons. The van der Waals surface area contributed by atoms with E-state index in [0.717, 1.165) is 49.2 Å². The first-order chi connectivity index (χ1) is 50.1. The van der Waals surface area contributed by atoms with Crippen LogP contribution in [0.15, 0.2) is 189 Å². The van der Waals surface area contributed by atoms with E-state index < -0.39 is 14.5 Å². The van der Waals surface area contributed by atoms with Crippen molar-refractivity contribution in [3.05, 3.63) is 298 Å². The SMILES string of the molecule is CC(C)[S-].CC(C)[S-].Cc1cc(C)c(-n2[c-][n+](CC[S-])cc2)c(C)c1.Cc1cc(C)c(-n2[c-][n+](CC[S-])cc2)c(C)c1.Cc1cc(C)c(-n2[c-][n+](CC[S-])cc2)c(C)c1.Cc1cc(C)c(-n2[c-][n+](CC[S-])cc2)c(C)c1.Cc1ccccc1.Cc1ccccc1.Cc1ccccc1.F[B-](F)(F)F.F[B-](F)(F)F.[Pd+2].[Pd+2].[Pd+2].[Pd+2]. The summed E-state index contributed by atoms with van der Waals surface area (Å²) >= 11 is 29.2. The molecule has 0 saturated heterocycles. The molecule has 8 nitrogen and oxygen atoms in total. The maximum Gasteiger partial charge on any atom is 2.00 e. The zero-order chi connectivity index (χ0) is 81.1. The maximum absolute atomic E-state index is 9.75.